The van der Waals surface area contributed by atoms with E-state index in [0.29, 0.717) is 18.6 Å². The minimum absolute atomic E-state index is 0.173. The van der Waals surface area contributed by atoms with E-state index in [0.717, 1.165) is 45.2 Å². The predicted octanol–water partition coefficient (Wildman–Crippen LogP) is 0.134. The minimum Gasteiger partial charge on any atom is -0.370 e. The van der Waals surface area contributed by atoms with Gasteiger partial charge in [0.25, 0.3) is 0 Å². The van der Waals surface area contributed by atoms with E-state index in [-0.39, 0.29) is 11.9 Å². The van der Waals surface area contributed by atoms with Crippen molar-refractivity contribution in [2.24, 2.45) is 21.5 Å². The highest BCUT2D eigenvalue weighted by Crippen LogP contribution is 1.97. The van der Waals surface area contributed by atoms with Gasteiger partial charge >= 0.3 is 0 Å². The standard InChI is InChI=1S/C15H34N10/c1-4-6-8-9-21-14(23-12(16)17)22-11-25(10-7-5-2)15(20-3)24-13(18)19/h4-11H2,1-3H3,(H4,18,19,20,24)(H5,16,17,21,22,23). The molecule has 0 aliphatic carbocycles. The fraction of sp³-hybridized carbons (Fsp3) is 0.733. The fourth-order valence-corrected chi connectivity index (χ4v) is 1.99. The van der Waals surface area contributed by atoms with E-state index in [1.165, 1.54) is 0 Å². The largest absolute Gasteiger partial charge is 0.370 e. The summed E-state index contributed by atoms with van der Waals surface area (Å²) in [5, 5.41) is 23.4. The minimum atomic E-state index is -0.175. The van der Waals surface area contributed by atoms with Crippen molar-refractivity contribution in [3.8, 4) is 0 Å². The van der Waals surface area contributed by atoms with Crippen LogP contribution in [-0.4, -0.2) is 55.5 Å². The van der Waals surface area contributed by atoms with Gasteiger partial charge in [-0.1, -0.05) is 33.1 Å². The van der Waals surface area contributed by atoms with Gasteiger partial charge in [0.05, 0.1) is 0 Å². The Kier molecular flexibility index (Phi) is 12.5. The van der Waals surface area contributed by atoms with Crippen LogP contribution >= 0.6 is 0 Å². The molecule has 0 bridgehead atoms. The first kappa shape index (κ1) is 22.5. The molecule has 0 saturated heterocycles. The van der Waals surface area contributed by atoms with Gasteiger partial charge in [-0.3, -0.25) is 26.4 Å². The second kappa shape index (κ2) is 13.9. The molecule has 0 atom stereocenters. The summed E-state index contributed by atoms with van der Waals surface area (Å²) < 4.78 is 0. The molecule has 10 heteroatoms. The SMILES string of the molecule is CCCCCN/C(=N\CN(CCCC)/C(=N\C)NC(=N)N)NC(=N)N. The lowest BCUT2D eigenvalue weighted by Crippen LogP contribution is -2.48. The Hall–Kier alpha value is -2.52. The molecule has 10 nitrogen and oxygen atoms in total. The number of aliphatic imine (C=N–C) groups is 2. The van der Waals surface area contributed by atoms with E-state index in [1.807, 2.05) is 4.90 Å². The van der Waals surface area contributed by atoms with E-state index in [4.69, 9.17) is 22.3 Å². The summed E-state index contributed by atoms with van der Waals surface area (Å²) in [6.45, 7) is 6.00. The van der Waals surface area contributed by atoms with E-state index in [9.17, 15) is 0 Å². The van der Waals surface area contributed by atoms with Crippen LogP contribution in [0.25, 0.3) is 0 Å². The maximum atomic E-state index is 7.40. The summed E-state index contributed by atoms with van der Waals surface area (Å²) in [5.74, 6) is 0.584. The molecule has 0 unspecified atom stereocenters. The van der Waals surface area contributed by atoms with Crippen molar-refractivity contribution in [3.05, 3.63) is 0 Å². The second-order valence-corrected chi connectivity index (χ2v) is 5.52. The Morgan fingerprint density at radius 2 is 1.64 bits per heavy atom. The summed E-state index contributed by atoms with van der Waals surface area (Å²) >= 11 is 0. The average Bonchev–Trinajstić information content (AvgIpc) is 2.56. The van der Waals surface area contributed by atoms with Crippen LogP contribution in [-0.2, 0) is 0 Å². The van der Waals surface area contributed by atoms with Gasteiger partial charge in [0.2, 0.25) is 5.96 Å². The van der Waals surface area contributed by atoms with Gasteiger partial charge in [0, 0.05) is 20.1 Å². The molecule has 0 amide bonds. The molecule has 144 valence electrons. The smallest absolute Gasteiger partial charge is 0.201 e. The third-order valence-electron chi connectivity index (χ3n) is 3.26. The molecule has 0 rings (SSSR count). The zero-order valence-corrected chi connectivity index (χ0v) is 15.7. The van der Waals surface area contributed by atoms with Crippen LogP contribution in [0, 0.1) is 10.8 Å². The lowest BCUT2D eigenvalue weighted by molar-refractivity contribution is 0.410. The highest BCUT2D eigenvalue weighted by Gasteiger charge is 2.11. The Labute approximate surface area is 150 Å². The van der Waals surface area contributed by atoms with Crippen molar-refractivity contribution in [1.29, 1.82) is 10.8 Å². The highest BCUT2D eigenvalue weighted by molar-refractivity contribution is 5.97. The van der Waals surface area contributed by atoms with Crippen LogP contribution in [0.1, 0.15) is 46.0 Å². The number of guanidine groups is 4. The molecule has 0 heterocycles. The van der Waals surface area contributed by atoms with E-state index in [2.05, 4.69) is 39.8 Å². The highest BCUT2D eigenvalue weighted by atomic mass is 15.4. The number of nitrogens with one attached hydrogen (secondary N) is 5. The number of nitrogens with zero attached hydrogens (tertiary/aromatic N) is 3. The number of unbranched alkanes of at least 4 members (excludes halogenated alkanes) is 3. The summed E-state index contributed by atoms with van der Waals surface area (Å²) in [6.07, 6.45) is 5.24. The molecule has 0 aromatic carbocycles. The van der Waals surface area contributed by atoms with E-state index < -0.39 is 0 Å². The fourth-order valence-electron chi connectivity index (χ4n) is 1.99. The van der Waals surface area contributed by atoms with Crippen molar-refractivity contribution < 1.29 is 0 Å². The van der Waals surface area contributed by atoms with Crippen molar-refractivity contribution in [2.45, 2.75) is 46.0 Å². The first-order valence-corrected chi connectivity index (χ1v) is 8.66. The topological polar surface area (TPSA) is 164 Å². The van der Waals surface area contributed by atoms with Crippen molar-refractivity contribution in [3.63, 3.8) is 0 Å². The van der Waals surface area contributed by atoms with Crippen LogP contribution in [0.15, 0.2) is 9.98 Å². The van der Waals surface area contributed by atoms with Gasteiger partial charge in [-0.05, 0) is 12.8 Å². The van der Waals surface area contributed by atoms with Crippen molar-refractivity contribution in [1.82, 2.24) is 20.9 Å². The van der Waals surface area contributed by atoms with Gasteiger partial charge in [-0.15, -0.1) is 0 Å². The molecule has 0 spiro atoms. The maximum Gasteiger partial charge on any atom is 0.201 e. The van der Waals surface area contributed by atoms with Gasteiger partial charge < -0.3 is 21.7 Å². The number of hydrogen-bond acceptors (Lipinski definition) is 4. The molecule has 9 N–H and O–H groups in total. The summed E-state index contributed by atoms with van der Waals surface area (Å²) in [4.78, 5) is 10.5. The molecular weight excluding hydrogens is 320 g/mol. The lowest BCUT2D eigenvalue weighted by atomic mass is 10.2. The molecule has 0 saturated carbocycles. The molecule has 0 aromatic rings. The molecule has 0 fully saturated rings. The van der Waals surface area contributed by atoms with E-state index >= 15 is 0 Å². The van der Waals surface area contributed by atoms with Gasteiger partial charge in [-0.25, -0.2) is 4.99 Å². The van der Waals surface area contributed by atoms with Crippen LogP contribution < -0.4 is 27.4 Å². The third-order valence-corrected chi connectivity index (χ3v) is 3.26. The number of nitrogens with two attached hydrogens (primary N) is 2. The molecule has 0 aromatic heterocycles. The van der Waals surface area contributed by atoms with Crippen LogP contribution in [0.5, 0.6) is 0 Å². The second-order valence-electron chi connectivity index (χ2n) is 5.52. The van der Waals surface area contributed by atoms with Gasteiger partial charge in [-0.2, -0.15) is 0 Å². The normalized spacial score (nSPS) is 11.8. The number of hydrogen-bond donors (Lipinski definition) is 7. The van der Waals surface area contributed by atoms with Gasteiger partial charge in [0.15, 0.2) is 17.9 Å². The average molecular weight is 355 g/mol. The third kappa shape index (κ3) is 11.6. The van der Waals surface area contributed by atoms with Crippen LogP contribution in [0.2, 0.25) is 0 Å². The Bertz CT molecular complexity index is 457. The zero-order chi connectivity index (χ0) is 19.1. The first-order chi connectivity index (χ1) is 11.9. The van der Waals surface area contributed by atoms with E-state index in [1.54, 1.807) is 7.05 Å². The van der Waals surface area contributed by atoms with Crippen molar-refractivity contribution in [2.75, 3.05) is 26.8 Å². The lowest BCUT2D eigenvalue weighted by Gasteiger charge is -2.24. The summed E-state index contributed by atoms with van der Waals surface area (Å²) in [5.41, 5.74) is 10.8. The van der Waals surface area contributed by atoms with Crippen LogP contribution in [0.3, 0.4) is 0 Å². The molecule has 0 aliphatic heterocycles. The first-order valence-electron chi connectivity index (χ1n) is 8.66. The predicted molar refractivity (Wildman–Crippen MR) is 105 cm³/mol. The zero-order valence-electron chi connectivity index (χ0n) is 15.7. The molecule has 0 aliphatic rings. The van der Waals surface area contributed by atoms with Gasteiger partial charge in [0.1, 0.15) is 6.67 Å². The maximum absolute atomic E-state index is 7.40. The molecule has 25 heavy (non-hydrogen) atoms. The Morgan fingerprint density at radius 3 is 2.16 bits per heavy atom. The van der Waals surface area contributed by atoms with Crippen molar-refractivity contribution >= 4 is 23.8 Å². The molecular formula is C15H34N10. The summed E-state index contributed by atoms with van der Waals surface area (Å²) in [7, 11) is 1.63. The Morgan fingerprint density at radius 1 is 1.00 bits per heavy atom. The Balaban J connectivity index is 4.99. The monoisotopic (exact) mass is 354 g/mol. The quantitative estimate of drug-likeness (QED) is 0.177. The molecule has 0 radical (unpaired) electrons. The van der Waals surface area contributed by atoms with Crippen LogP contribution in [0.4, 0.5) is 0 Å². The summed E-state index contributed by atoms with van der Waals surface area (Å²) in [6, 6.07) is 0. The number of rotatable bonds is 9.